The van der Waals surface area contributed by atoms with Gasteiger partial charge in [0, 0.05) is 0 Å². The number of piperidine rings is 1. The molecule has 1 saturated heterocycles. The molecule has 2 aromatic rings. The third-order valence-corrected chi connectivity index (χ3v) is 3.07. The summed E-state index contributed by atoms with van der Waals surface area (Å²) in [5.41, 5.74) is 0.578. The summed E-state index contributed by atoms with van der Waals surface area (Å²) in [4.78, 5) is 4.24. The van der Waals surface area contributed by atoms with Crippen molar-refractivity contribution in [2.24, 2.45) is 0 Å². The number of aromatic nitrogens is 5. The van der Waals surface area contributed by atoms with Crippen LogP contribution in [0, 0.1) is 0 Å². The minimum atomic E-state index is 0.346. The molecule has 0 spiro atoms. The van der Waals surface area contributed by atoms with E-state index in [9.17, 15) is 0 Å². The van der Waals surface area contributed by atoms with Crippen molar-refractivity contribution in [3.63, 3.8) is 0 Å². The second-order valence-electron chi connectivity index (χ2n) is 4.44. The first-order chi connectivity index (χ1) is 9.42. The molecule has 8 nitrogen and oxygen atoms in total. The highest BCUT2D eigenvalue weighted by molar-refractivity contribution is 5.44. The van der Waals surface area contributed by atoms with Crippen LogP contribution in [0.3, 0.4) is 0 Å². The SMILES string of the molecule is c1n[nH]nc1-c1noc(CCOC2CCNCC2)n1. The molecule has 2 aromatic heterocycles. The lowest BCUT2D eigenvalue weighted by Crippen LogP contribution is -2.32. The van der Waals surface area contributed by atoms with Crippen LogP contribution in [-0.4, -0.2) is 51.4 Å². The molecule has 3 heterocycles. The molecule has 0 aromatic carbocycles. The molecule has 8 heteroatoms. The molecule has 1 fully saturated rings. The Balaban J connectivity index is 1.48. The van der Waals surface area contributed by atoms with Crippen molar-refractivity contribution >= 4 is 0 Å². The van der Waals surface area contributed by atoms with Gasteiger partial charge in [0.2, 0.25) is 11.7 Å². The Labute approximate surface area is 109 Å². The number of rotatable bonds is 5. The summed E-state index contributed by atoms with van der Waals surface area (Å²) in [5.74, 6) is 1.01. The molecule has 0 atom stereocenters. The maximum Gasteiger partial charge on any atom is 0.229 e. The number of hydrogen-bond donors (Lipinski definition) is 2. The maximum absolute atomic E-state index is 5.78. The van der Waals surface area contributed by atoms with Crippen LogP contribution >= 0.6 is 0 Å². The summed E-state index contributed by atoms with van der Waals surface area (Å²) in [6, 6.07) is 0. The highest BCUT2D eigenvalue weighted by Gasteiger charge is 2.14. The fraction of sp³-hybridized carbons (Fsp3) is 0.636. The van der Waals surface area contributed by atoms with Crippen molar-refractivity contribution in [2.75, 3.05) is 19.7 Å². The summed E-state index contributed by atoms with van der Waals surface area (Å²) < 4.78 is 10.9. The van der Waals surface area contributed by atoms with Gasteiger partial charge >= 0.3 is 0 Å². The van der Waals surface area contributed by atoms with E-state index in [1.807, 2.05) is 0 Å². The third kappa shape index (κ3) is 3.15. The molecule has 1 aliphatic rings. The summed E-state index contributed by atoms with van der Waals surface area (Å²) >= 11 is 0. The van der Waals surface area contributed by atoms with Gasteiger partial charge in [-0.3, -0.25) is 0 Å². The second kappa shape index (κ2) is 5.89. The lowest BCUT2D eigenvalue weighted by molar-refractivity contribution is 0.0322. The summed E-state index contributed by atoms with van der Waals surface area (Å²) in [6.07, 6.45) is 4.65. The molecular weight excluding hydrogens is 248 g/mol. The molecule has 102 valence electrons. The summed E-state index contributed by atoms with van der Waals surface area (Å²) in [7, 11) is 0. The van der Waals surface area contributed by atoms with Crippen LogP contribution in [-0.2, 0) is 11.2 Å². The molecular formula is C11H16N6O2. The van der Waals surface area contributed by atoms with Gasteiger partial charge in [-0.15, -0.1) is 0 Å². The van der Waals surface area contributed by atoms with Crippen molar-refractivity contribution in [3.8, 4) is 11.5 Å². The van der Waals surface area contributed by atoms with Crippen LogP contribution in [0.25, 0.3) is 11.5 Å². The van der Waals surface area contributed by atoms with Crippen molar-refractivity contribution in [2.45, 2.75) is 25.4 Å². The first-order valence-electron chi connectivity index (χ1n) is 6.43. The van der Waals surface area contributed by atoms with Gasteiger partial charge in [-0.1, -0.05) is 5.16 Å². The molecule has 0 amide bonds. The third-order valence-electron chi connectivity index (χ3n) is 3.07. The van der Waals surface area contributed by atoms with E-state index in [2.05, 4.69) is 30.9 Å². The number of H-pyrrole nitrogens is 1. The van der Waals surface area contributed by atoms with Gasteiger partial charge < -0.3 is 14.6 Å². The van der Waals surface area contributed by atoms with Gasteiger partial charge in [-0.2, -0.15) is 20.4 Å². The van der Waals surface area contributed by atoms with E-state index in [0.717, 1.165) is 25.9 Å². The number of ether oxygens (including phenoxy) is 1. The quantitative estimate of drug-likeness (QED) is 0.793. The minimum absolute atomic E-state index is 0.346. The molecule has 0 saturated carbocycles. The first-order valence-corrected chi connectivity index (χ1v) is 6.43. The highest BCUT2D eigenvalue weighted by Crippen LogP contribution is 2.12. The number of aromatic amines is 1. The van der Waals surface area contributed by atoms with E-state index >= 15 is 0 Å². The fourth-order valence-electron chi connectivity index (χ4n) is 2.04. The zero-order valence-electron chi connectivity index (χ0n) is 10.5. The maximum atomic E-state index is 5.78. The van der Waals surface area contributed by atoms with Crippen LogP contribution in [0.1, 0.15) is 18.7 Å². The molecule has 0 aliphatic carbocycles. The predicted octanol–water partition coefficient (Wildman–Crippen LogP) is 0.166. The van der Waals surface area contributed by atoms with Gasteiger partial charge in [-0.25, -0.2) is 0 Å². The zero-order chi connectivity index (χ0) is 12.9. The van der Waals surface area contributed by atoms with Crippen LogP contribution in [0.5, 0.6) is 0 Å². The molecule has 2 N–H and O–H groups in total. The van der Waals surface area contributed by atoms with E-state index in [0.29, 0.717) is 36.5 Å². The van der Waals surface area contributed by atoms with Crippen LogP contribution in [0.2, 0.25) is 0 Å². The Kier molecular flexibility index (Phi) is 3.80. The van der Waals surface area contributed by atoms with Gasteiger partial charge in [0.1, 0.15) is 0 Å². The van der Waals surface area contributed by atoms with Crippen molar-refractivity contribution in [1.29, 1.82) is 0 Å². The molecule has 19 heavy (non-hydrogen) atoms. The Hall–Kier alpha value is -1.80. The van der Waals surface area contributed by atoms with Gasteiger partial charge in [0.15, 0.2) is 5.69 Å². The van der Waals surface area contributed by atoms with Crippen molar-refractivity contribution < 1.29 is 9.26 Å². The number of nitrogens with one attached hydrogen (secondary N) is 2. The normalized spacial score (nSPS) is 16.8. The summed E-state index contributed by atoms with van der Waals surface area (Å²) in [6.45, 7) is 2.66. The van der Waals surface area contributed by atoms with Crippen LogP contribution in [0.15, 0.2) is 10.7 Å². The van der Waals surface area contributed by atoms with Gasteiger partial charge in [0.25, 0.3) is 0 Å². The lowest BCUT2D eigenvalue weighted by atomic mass is 10.1. The van der Waals surface area contributed by atoms with Gasteiger partial charge in [0.05, 0.1) is 25.3 Å². The van der Waals surface area contributed by atoms with Crippen LogP contribution < -0.4 is 5.32 Å². The van der Waals surface area contributed by atoms with E-state index in [1.54, 1.807) is 6.20 Å². The Morgan fingerprint density at radius 2 is 2.26 bits per heavy atom. The van der Waals surface area contributed by atoms with Crippen molar-refractivity contribution in [3.05, 3.63) is 12.1 Å². The Morgan fingerprint density at radius 3 is 3.05 bits per heavy atom. The molecule has 3 rings (SSSR count). The predicted molar refractivity (Wildman–Crippen MR) is 65.2 cm³/mol. The Morgan fingerprint density at radius 1 is 1.37 bits per heavy atom. The zero-order valence-corrected chi connectivity index (χ0v) is 10.5. The molecule has 0 unspecified atom stereocenters. The van der Waals surface area contributed by atoms with E-state index in [1.165, 1.54) is 0 Å². The topological polar surface area (TPSA) is 102 Å². The Bertz CT molecular complexity index is 491. The smallest absolute Gasteiger partial charge is 0.229 e. The van der Waals surface area contributed by atoms with E-state index in [-0.39, 0.29) is 0 Å². The van der Waals surface area contributed by atoms with E-state index < -0.39 is 0 Å². The highest BCUT2D eigenvalue weighted by atomic mass is 16.5. The van der Waals surface area contributed by atoms with Gasteiger partial charge in [-0.05, 0) is 25.9 Å². The minimum Gasteiger partial charge on any atom is -0.378 e. The van der Waals surface area contributed by atoms with Crippen molar-refractivity contribution in [1.82, 2.24) is 30.9 Å². The fourth-order valence-corrected chi connectivity index (χ4v) is 2.04. The summed E-state index contributed by atoms with van der Waals surface area (Å²) in [5, 5.41) is 17.3. The number of nitrogens with zero attached hydrogens (tertiary/aromatic N) is 4. The lowest BCUT2D eigenvalue weighted by Gasteiger charge is -2.22. The molecule has 0 radical (unpaired) electrons. The first kappa shape index (κ1) is 12.2. The van der Waals surface area contributed by atoms with Crippen LogP contribution in [0.4, 0.5) is 0 Å². The standard InChI is InChI=1S/C11H16N6O2/c1-4-12-5-2-8(1)18-6-3-10-14-11(16-19-10)9-7-13-17-15-9/h7-8,12H,1-6H2,(H,13,15,17). The second-order valence-corrected chi connectivity index (χ2v) is 4.44. The molecule has 0 bridgehead atoms. The monoisotopic (exact) mass is 264 g/mol. The average Bonchev–Trinajstić information content (AvgIpc) is 3.10. The molecule has 1 aliphatic heterocycles. The average molecular weight is 264 g/mol. The number of hydrogen-bond acceptors (Lipinski definition) is 7. The van der Waals surface area contributed by atoms with E-state index in [4.69, 9.17) is 9.26 Å². The largest absolute Gasteiger partial charge is 0.378 e.